The zero-order valence-corrected chi connectivity index (χ0v) is 3.30. The molecule has 0 heterocycles. The van der Waals surface area contributed by atoms with E-state index in [1.54, 1.807) is 0 Å². The van der Waals surface area contributed by atoms with Crippen LogP contribution >= 0.6 is 8.25 Å². The van der Waals surface area contributed by atoms with E-state index >= 15 is 0 Å². The van der Waals surface area contributed by atoms with Gasteiger partial charge in [-0.05, 0) is 0 Å². The fraction of sp³-hybridized carbons (Fsp3) is 0. The van der Waals surface area contributed by atoms with Crippen LogP contribution in [-0.2, 0) is 4.57 Å². The molecule has 4 nitrogen and oxygen atoms in total. The number of hydrogen-bond acceptors (Lipinski definition) is 1. The summed E-state index contributed by atoms with van der Waals surface area (Å²) in [5.41, 5.74) is 0. The Morgan fingerprint density at radius 1 is 1.29 bits per heavy atom. The van der Waals surface area contributed by atoms with Crippen LogP contribution in [0.25, 0.3) is 0 Å². The molecule has 0 radical (unpaired) electrons. The van der Waals surface area contributed by atoms with Crippen molar-refractivity contribution in [2.24, 2.45) is 0 Å². The normalized spacial score (nSPS) is 5.00. The minimum atomic E-state index is -3.13. The Morgan fingerprint density at radius 3 is 1.29 bits per heavy atom. The average molecular weight is 263 g/mol. The van der Waals surface area contributed by atoms with Crippen LogP contribution in [0.5, 0.6) is 0 Å². The van der Waals surface area contributed by atoms with Gasteiger partial charge in [-0.1, -0.05) is 0 Å². The van der Waals surface area contributed by atoms with Crippen molar-refractivity contribution >= 4 is 86.7 Å². The topological polar surface area (TPSA) is 89.0 Å². The molecule has 0 saturated carbocycles. The van der Waals surface area contributed by atoms with Crippen molar-refractivity contribution in [2.45, 2.75) is 0 Å². The molecule has 0 spiro atoms. The molecule has 7 heavy (non-hydrogen) atoms. The summed E-state index contributed by atoms with van der Waals surface area (Å²) in [4.78, 5) is 14.3. The Kier molecular flexibility index (Phi) is 51.2. The molecule has 40 valence electrons. The average Bonchev–Trinajstić information content (AvgIpc) is 0.811. The van der Waals surface area contributed by atoms with Crippen molar-refractivity contribution in [3.05, 3.63) is 0 Å². The quantitative estimate of drug-likeness (QED) is 0.360. The van der Waals surface area contributed by atoms with Gasteiger partial charge in [0.05, 0.1) is 0 Å². The van der Waals surface area contributed by atoms with Gasteiger partial charge in [0.1, 0.15) is 0 Å². The van der Waals surface area contributed by atoms with E-state index in [1.165, 1.54) is 0 Å². The standard InChI is InChI=1S/Ba.Na.H3O3P.H2O.3H/c;;1-4(2)3;;;;/h;;4H,(H2,1,2,3);1H2;;;. The summed E-state index contributed by atoms with van der Waals surface area (Å²) in [5, 5.41) is 0. The van der Waals surface area contributed by atoms with Crippen LogP contribution in [0.4, 0.5) is 0 Å². The molecule has 0 bridgehead atoms. The second kappa shape index (κ2) is 15.9. The van der Waals surface area contributed by atoms with Crippen molar-refractivity contribution in [1.29, 1.82) is 0 Å². The van der Waals surface area contributed by atoms with Gasteiger partial charge in [0.25, 0.3) is 0 Å². The number of hydrogen-bond donors (Lipinski definition) is 2. The molecule has 0 amide bonds. The molecule has 0 aromatic rings. The predicted octanol–water partition coefficient (Wildman–Crippen LogP) is -3.03. The van der Waals surface area contributed by atoms with E-state index in [4.69, 9.17) is 14.4 Å². The Bertz CT molecular complexity index is 34.7. The van der Waals surface area contributed by atoms with Gasteiger partial charge >= 0.3 is 86.7 Å². The molecule has 4 N–H and O–H groups in total. The monoisotopic (exact) mass is 264 g/mol. The summed E-state index contributed by atoms with van der Waals surface area (Å²) in [7, 11) is -3.13. The summed E-state index contributed by atoms with van der Waals surface area (Å²) in [6.07, 6.45) is 0. The number of rotatable bonds is 0. The van der Waals surface area contributed by atoms with Gasteiger partial charge in [-0.3, -0.25) is 4.57 Å². The first-order valence-corrected chi connectivity index (χ1v) is 1.95. The van der Waals surface area contributed by atoms with Gasteiger partial charge in [0.15, 0.2) is 0 Å². The molecule has 0 aliphatic rings. The van der Waals surface area contributed by atoms with E-state index in [0.717, 1.165) is 0 Å². The summed E-state index contributed by atoms with van der Waals surface area (Å²) in [6, 6.07) is 0. The molecule has 7 heteroatoms. The molecule has 0 aromatic heterocycles. The van der Waals surface area contributed by atoms with Gasteiger partial charge in [-0.15, -0.1) is 0 Å². The first-order valence-electron chi connectivity index (χ1n) is 0.651. The van der Waals surface area contributed by atoms with Gasteiger partial charge in [0.2, 0.25) is 0 Å². The molecule has 0 rings (SSSR count). The minimum absolute atomic E-state index is 0. The molecule has 0 atom stereocenters. The van der Waals surface area contributed by atoms with Crippen LogP contribution in [0.2, 0.25) is 0 Å². The zero-order valence-electron chi connectivity index (χ0n) is 2.30. The SMILES string of the molecule is O.O=[PH](O)O.[BaH2].[NaH]. The fourth-order valence-electron chi connectivity index (χ4n) is 0. The van der Waals surface area contributed by atoms with Crippen molar-refractivity contribution < 1.29 is 19.8 Å². The van der Waals surface area contributed by atoms with Crippen LogP contribution in [0.3, 0.4) is 0 Å². The zero-order chi connectivity index (χ0) is 3.58. The molecule has 0 fully saturated rings. The predicted molar refractivity (Wildman–Crippen MR) is 32.7 cm³/mol. The van der Waals surface area contributed by atoms with E-state index in [1.807, 2.05) is 0 Å². The van der Waals surface area contributed by atoms with Crippen LogP contribution in [0.15, 0.2) is 0 Å². The summed E-state index contributed by atoms with van der Waals surface area (Å²) >= 11 is 0. The van der Waals surface area contributed by atoms with Crippen molar-refractivity contribution in [2.75, 3.05) is 0 Å². The Morgan fingerprint density at radius 2 is 1.29 bits per heavy atom. The molecule has 0 saturated heterocycles. The van der Waals surface area contributed by atoms with Gasteiger partial charge in [-0.2, -0.15) is 0 Å². The molecule has 0 aliphatic carbocycles. The van der Waals surface area contributed by atoms with Gasteiger partial charge < -0.3 is 15.3 Å². The summed E-state index contributed by atoms with van der Waals surface area (Å²) in [5.74, 6) is 0. The third kappa shape index (κ3) is 53.9. The van der Waals surface area contributed by atoms with Gasteiger partial charge in [-0.25, -0.2) is 0 Å². The maximum absolute atomic E-state index is 8.74. The molecular formula is H8BaNaO4P. The Hall–Kier alpha value is 2.68. The second-order valence-electron chi connectivity index (χ2n) is 0.283. The summed E-state index contributed by atoms with van der Waals surface area (Å²) < 4.78 is 8.74. The van der Waals surface area contributed by atoms with Crippen LogP contribution in [-0.4, -0.2) is 93.7 Å². The summed E-state index contributed by atoms with van der Waals surface area (Å²) in [6.45, 7) is 0. The van der Waals surface area contributed by atoms with E-state index in [9.17, 15) is 0 Å². The first kappa shape index (κ1) is 22.6. The van der Waals surface area contributed by atoms with Crippen molar-refractivity contribution in [1.82, 2.24) is 0 Å². The third-order valence-corrected chi connectivity index (χ3v) is 0. The molecule has 0 unspecified atom stereocenters. The third-order valence-electron chi connectivity index (χ3n) is 0. The van der Waals surface area contributed by atoms with Gasteiger partial charge in [0, 0.05) is 0 Å². The van der Waals surface area contributed by atoms with Crippen molar-refractivity contribution in [3.8, 4) is 0 Å². The molecular weight excluding hydrogens is 255 g/mol. The van der Waals surface area contributed by atoms with Crippen LogP contribution < -0.4 is 0 Å². The molecule has 0 aromatic carbocycles. The fourth-order valence-corrected chi connectivity index (χ4v) is 0. The second-order valence-corrected chi connectivity index (χ2v) is 0.848. The van der Waals surface area contributed by atoms with E-state index in [-0.39, 0.29) is 83.9 Å². The van der Waals surface area contributed by atoms with E-state index in [0.29, 0.717) is 0 Å². The van der Waals surface area contributed by atoms with Crippen LogP contribution in [0, 0.1) is 0 Å². The Balaban J connectivity index is -0.0000000150. The van der Waals surface area contributed by atoms with E-state index < -0.39 is 8.25 Å². The van der Waals surface area contributed by atoms with Crippen molar-refractivity contribution in [3.63, 3.8) is 0 Å². The van der Waals surface area contributed by atoms with Crippen LogP contribution in [0.1, 0.15) is 0 Å². The maximum atomic E-state index is 8.74. The Labute approximate surface area is 104 Å². The first-order chi connectivity index (χ1) is 1.73. The van der Waals surface area contributed by atoms with E-state index in [2.05, 4.69) is 0 Å². The molecule has 0 aliphatic heterocycles.